The summed E-state index contributed by atoms with van der Waals surface area (Å²) in [6.45, 7) is 8.30. The lowest BCUT2D eigenvalue weighted by Gasteiger charge is -2.33. The highest BCUT2D eigenvalue weighted by Gasteiger charge is 2.33. The summed E-state index contributed by atoms with van der Waals surface area (Å²) in [6, 6.07) is 6.68. The zero-order chi connectivity index (χ0) is 21.4. The van der Waals surface area contributed by atoms with Gasteiger partial charge in [0.1, 0.15) is 5.58 Å². The standard InChI is InChI=1S/C22H29NO5S/c1-15-17(5-7-19-18(15)6-8-21(25)28-19)13-20(24)23-11-9-16(10-12-23)14-29(26,27)22(2,3)4/h5-8,16H,9-14H2,1-4H3. The van der Waals surface area contributed by atoms with Gasteiger partial charge in [-0.15, -0.1) is 0 Å². The molecule has 0 spiro atoms. The molecule has 29 heavy (non-hydrogen) atoms. The van der Waals surface area contributed by atoms with Crippen molar-refractivity contribution >= 4 is 26.7 Å². The maximum Gasteiger partial charge on any atom is 0.336 e. The van der Waals surface area contributed by atoms with Crippen molar-refractivity contribution in [1.82, 2.24) is 4.90 Å². The Morgan fingerprint density at radius 2 is 1.79 bits per heavy atom. The summed E-state index contributed by atoms with van der Waals surface area (Å²) >= 11 is 0. The van der Waals surface area contributed by atoms with E-state index in [-0.39, 0.29) is 24.0 Å². The van der Waals surface area contributed by atoms with Gasteiger partial charge in [0.25, 0.3) is 0 Å². The summed E-state index contributed by atoms with van der Waals surface area (Å²) in [5.41, 5.74) is 1.98. The van der Waals surface area contributed by atoms with Gasteiger partial charge in [-0.1, -0.05) is 6.07 Å². The van der Waals surface area contributed by atoms with E-state index in [1.807, 2.05) is 17.9 Å². The van der Waals surface area contributed by atoms with Gasteiger partial charge in [-0.25, -0.2) is 13.2 Å². The monoisotopic (exact) mass is 419 g/mol. The molecule has 1 aromatic heterocycles. The Kier molecular flexibility index (Phi) is 5.90. The number of rotatable bonds is 4. The highest BCUT2D eigenvalue weighted by atomic mass is 32.2. The molecular weight excluding hydrogens is 390 g/mol. The molecule has 158 valence electrons. The summed E-state index contributed by atoms with van der Waals surface area (Å²) in [5.74, 6) is 0.337. The van der Waals surface area contributed by atoms with Crippen LogP contribution in [0, 0.1) is 12.8 Å². The van der Waals surface area contributed by atoms with Crippen LogP contribution in [0.4, 0.5) is 0 Å². The van der Waals surface area contributed by atoms with Crippen molar-refractivity contribution in [2.24, 2.45) is 5.92 Å². The minimum atomic E-state index is -3.15. The van der Waals surface area contributed by atoms with Gasteiger partial charge in [0.2, 0.25) is 5.91 Å². The molecule has 2 aromatic rings. The number of hydrogen-bond acceptors (Lipinski definition) is 5. The SMILES string of the molecule is Cc1c(CC(=O)N2CCC(CS(=O)(=O)C(C)(C)C)CC2)ccc2oc(=O)ccc12. The molecule has 1 aromatic carbocycles. The van der Waals surface area contributed by atoms with Gasteiger partial charge in [0, 0.05) is 24.5 Å². The summed E-state index contributed by atoms with van der Waals surface area (Å²) in [4.78, 5) is 26.0. The number of nitrogens with zero attached hydrogens (tertiary/aromatic N) is 1. The van der Waals surface area contributed by atoms with E-state index >= 15 is 0 Å². The van der Waals surface area contributed by atoms with Gasteiger partial charge in [0.05, 0.1) is 16.9 Å². The number of benzene rings is 1. The lowest BCUT2D eigenvalue weighted by molar-refractivity contribution is -0.131. The lowest BCUT2D eigenvalue weighted by Crippen LogP contribution is -2.42. The quantitative estimate of drug-likeness (QED) is 0.711. The molecule has 0 radical (unpaired) electrons. The second-order valence-corrected chi connectivity index (χ2v) is 11.7. The van der Waals surface area contributed by atoms with Crippen LogP contribution in [-0.2, 0) is 21.1 Å². The third kappa shape index (κ3) is 4.71. The van der Waals surface area contributed by atoms with Gasteiger partial charge in [-0.05, 0) is 69.7 Å². The normalized spacial score (nSPS) is 16.3. The summed E-state index contributed by atoms with van der Waals surface area (Å²) in [6.07, 6.45) is 1.71. The Morgan fingerprint density at radius 1 is 1.14 bits per heavy atom. The second-order valence-electron chi connectivity index (χ2n) is 8.91. The van der Waals surface area contributed by atoms with Crippen molar-refractivity contribution in [3.8, 4) is 0 Å². The molecule has 1 amide bonds. The van der Waals surface area contributed by atoms with Crippen LogP contribution in [0.2, 0.25) is 0 Å². The van der Waals surface area contributed by atoms with Crippen LogP contribution in [0.5, 0.6) is 0 Å². The van der Waals surface area contributed by atoms with Gasteiger partial charge in [0.15, 0.2) is 9.84 Å². The van der Waals surface area contributed by atoms with Crippen LogP contribution in [0.15, 0.2) is 33.5 Å². The average molecular weight is 420 g/mol. The molecule has 0 N–H and O–H groups in total. The molecule has 0 bridgehead atoms. The zero-order valence-electron chi connectivity index (χ0n) is 17.5. The van der Waals surface area contributed by atoms with Crippen molar-refractivity contribution in [1.29, 1.82) is 0 Å². The molecule has 0 saturated carbocycles. The lowest BCUT2D eigenvalue weighted by atomic mass is 9.97. The first-order chi connectivity index (χ1) is 13.5. The third-order valence-corrected chi connectivity index (χ3v) is 8.66. The maximum atomic E-state index is 12.8. The molecule has 1 saturated heterocycles. The molecule has 6 nitrogen and oxygen atoms in total. The van der Waals surface area contributed by atoms with E-state index in [4.69, 9.17) is 4.42 Å². The smallest absolute Gasteiger partial charge is 0.336 e. The Hall–Kier alpha value is -2.15. The predicted octanol–water partition coefficient (Wildman–Crippen LogP) is 3.10. The predicted molar refractivity (Wildman–Crippen MR) is 114 cm³/mol. The molecule has 0 aliphatic carbocycles. The number of sulfone groups is 1. The summed E-state index contributed by atoms with van der Waals surface area (Å²) < 4.78 is 29.3. The van der Waals surface area contributed by atoms with E-state index in [2.05, 4.69) is 0 Å². The number of piperidine rings is 1. The highest BCUT2D eigenvalue weighted by molar-refractivity contribution is 7.92. The van der Waals surface area contributed by atoms with Gasteiger partial charge in [-0.2, -0.15) is 0 Å². The van der Waals surface area contributed by atoms with Gasteiger partial charge < -0.3 is 9.32 Å². The molecule has 1 fully saturated rings. The number of carbonyl (C=O) groups is 1. The van der Waals surface area contributed by atoms with E-state index in [9.17, 15) is 18.0 Å². The number of hydrogen-bond donors (Lipinski definition) is 0. The molecule has 2 heterocycles. The third-order valence-electron chi connectivity index (χ3n) is 5.88. The van der Waals surface area contributed by atoms with Crippen LogP contribution >= 0.6 is 0 Å². The number of likely N-dealkylation sites (tertiary alicyclic amines) is 1. The largest absolute Gasteiger partial charge is 0.423 e. The van der Waals surface area contributed by atoms with E-state index in [0.717, 1.165) is 16.5 Å². The second kappa shape index (κ2) is 7.94. The van der Waals surface area contributed by atoms with Crippen LogP contribution in [0.25, 0.3) is 11.0 Å². The first-order valence-corrected chi connectivity index (χ1v) is 11.7. The Balaban J connectivity index is 1.63. The Bertz CT molecular complexity index is 1070. The molecule has 0 atom stereocenters. The Morgan fingerprint density at radius 3 is 2.41 bits per heavy atom. The van der Waals surface area contributed by atoms with E-state index in [0.29, 0.717) is 31.5 Å². The molecule has 0 unspecified atom stereocenters. The van der Waals surface area contributed by atoms with Crippen LogP contribution in [0.1, 0.15) is 44.7 Å². The van der Waals surface area contributed by atoms with Crippen LogP contribution < -0.4 is 5.63 Å². The van der Waals surface area contributed by atoms with Crippen molar-refractivity contribution < 1.29 is 17.6 Å². The average Bonchev–Trinajstić information content (AvgIpc) is 2.63. The highest BCUT2D eigenvalue weighted by Crippen LogP contribution is 2.26. The fourth-order valence-electron chi connectivity index (χ4n) is 3.71. The van der Waals surface area contributed by atoms with Gasteiger partial charge in [-0.3, -0.25) is 4.79 Å². The zero-order valence-corrected chi connectivity index (χ0v) is 18.3. The maximum absolute atomic E-state index is 12.8. The van der Waals surface area contributed by atoms with Crippen molar-refractivity contribution in [3.05, 3.63) is 45.8 Å². The number of amides is 1. The number of carbonyl (C=O) groups excluding carboxylic acids is 1. The number of aryl methyl sites for hydroxylation is 1. The van der Waals surface area contributed by atoms with E-state index in [1.165, 1.54) is 6.07 Å². The Labute approximate surface area is 171 Å². The summed E-state index contributed by atoms with van der Waals surface area (Å²) in [7, 11) is -3.15. The molecule has 1 aliphatic heterocycles. The van der Waals surface area contributed by atoms with Crippen molar-refractivity contribution in [3.63, 3.8) is 0 Å². The molecule has 7 heteroatoms. The topological polar surface area (TPSA) is 84.7 Å². The van der Waals surface area contributed by atoms with Crippen molar-refractivity contribution in [2.45, 2.75) is 51.7 Å². The van der Waals surface area contributed by atoms with E-state index in [1.54, 1.807) is 32.9 Å². The van der Waals surface area contributed by atoms with Crippen LogP contribution in [-0.4, -0.2) is 42.8 Å². The molecule has 1 aliphatic rings. The summed E-state index contributed by atoms with van der Waals surface area (Å²) in [5, 5.41) is 0.834. The fraction of sp³-hybridized carbons (Fsp3) is 0.545. The molecular formula is C22H29NO5S. The first kappa shape index (κ1) is 21.6. The number of fused-ring (bicyclic) bond motifs is 1. The first-order valence-electron chi connectivity index (χ1n) is 10.0. The van der Waals surface area contributed by atoms with Crippen molar-refractivity contribution in [2.75, 3.05) is 18.8 Å². The molecule has 3 rings (SSSR count). The van der Waals surface area contributed by atoms with Gasteiger partial charge >= 0.3 is 5.63 Å². The minimum Gasteiger partial charge on any atom is -0.423 e. The minimum absolute atomic E-state index is 0.0435. The van der Waals surface area contributed by atoms with Crippen LogP contribution in [0.3, 0.4) is 0 Å². The van der Waals surface area contributed by atoms with E-state index < -0.39 is 20.2 Å². The fourth-order valence-corrected chi connectivity index (χ4v) is 5.17.